The summed E-state index contributed by atoms with van der Waals surface area (Å²) in [6.45, 7) is -2.69. The number of H-pyrrole nitrogens is 1. The minimum Gasteiger partial charge on any atom is -0.386 e. The standard InChI is InChI=1S/C11H15FN3O14P3/c1-2-3-11(12)8(17)6(27-9(11)15-10(18)14-7(16)4-13-15)5-26-31(22,23)29-32(24,25)28-30(19,20)21/h4,6,8-9,17H,5H2,1H3,(H,22,23)(H,24,25)(H,14,16,18)(H2,19,20,21)/t6-,8+,9-,11?/m1/s1/i5D2. The van der Waals surface area contributed by atoms with E-state index in [1.165, 1.54) is 0 Å². The SMILES string of the molecule is [2H]C([2H])(OP(=O)(O)OP(=O)(O)OP(=O)(O)O)[C@H]1O[C@@H](n2ncc(=O)[nH]c2=O)C(F)(C#CC)[C@H]1O. The van der Waals surface area contributed by atoms with Gasteiger partial charge in [-0.1, -0.05) is 5.92 Å². The van der Waals surface area contributed by atoms with Crippen LogP contribution in [0.25, 0.3) is 0 Å². The Morgan fingerprint density at radius 3 is 2.47 bits per heavy atom. The molecular formula is C11H15FN3O14P3. The molecule has 0 spiro atoms. The predicted molar refractivity (Wildman–Crippen MR) is 96.1 cm³/mol. The maximum absolute atomic E-state index is 15.6. The van der Waals surface area contributed by atoms with Gasteiger partial charge in [0.05, 0.1) is 9.30 Å². The van der Waals surface area contributed by atoms with E-state index in [0.29, 0.717) is 6.20 Å². The van der Waals surface area contributed by atoms with E-state index in [0.717, 1.165) is 6.92 Å². The normalized spacial score (nSPS) is 30.9. The van der Waals surface area contributed by atoms with E-state index in [4.69, 9.17) is 22.2 Å². The highest BCUT2D eigenvalue weighted by Gasteiger charge is 2.59. The molecule has 0 radical (unpaired) electrons. The Morgan fingerprint density at radius 1 is 1.31 bits per heavy atom. The van der Waals surface area contributed by atoms with Crippen LogP contribution in [-0.4, -0.2) is 63.9 Å². The molecule has 32 heavy (non-hydrogen) atoms. The molecule has 180 valence electrons. The lowest BCUT2D eigenvalue weighted by atomic mass is 9.97. The minimum atomic E-state index is -6.10. The predicted octanol–water partition coefficient (Wildman–Crippen LogP) is -1.74. The summed E-state index contributed by atoms with van der Waals surface area (Å²) in [5.74, 6) is 3.88. The second-order valence-corrected chi connectivity index (χ2v) is 10.0. The van der Waals surface area contributed by atoms with Gasteiger partial charge in [0, 0.05) is 0 Å². The summed E-state index contributed by atoms with van der Waals surface area (Å²) in [6.07, 6.45) is -7.16. The van der Waals surface area contributed by atoms with E-state index < -0.39 is 65.4 Å². The molecule has 17 nitrogen and oxygen atoms in total. The minimum absolute atomic E-state index is 0.135. The molecule has 0 amide bonds. The number of hydrogen-bond acceptors (Lipinski definition) is 11. The molecule has 0 aromatic carbocycles. The third-order valence-electron chi connectivity index (χ3n) is 3.33. The summed E-state index contributed by atoms with van der Waals surface area (Å²) >= 11 is 0. The second kappa shape index (κ2) is 9.35. The van der Waals surface area contributed by atoms with Gasteiger partial charge < -0.3 is 29.4 Å². The lowest BCUT2D eigenvalue weighted by Gasteiger charge is -2.23. The van der Waals surface area contributed by atoms with Crippen molar-refractivity contribution in [2.45, 2.75) is 31.0 Å². The molecule has 0 saturated carbocycles. The first-order chi connectivity index (χ1) is 15.2. The summed E-state index contributed by atoms with van der Waals surface area (Å²) in [5, 5.41) is 13.7. The van der Waals surface area contributed by atoms with Crippen LogP contribution in [0.2, 0.25) is 0 Å². The largest absolute Gasteiger partial charge is 0.490 e. The van der Waals surface area contributed by atoms with Crippen LogP contribution in [0, 0.1) is 11.8 Å². The molecular weight excluding hydrogens is 510 g/mol. The van der Waals surface area contributed by atoms with Gasteiger partial charge in [0.25, 0.3) is 5.56 Å². The third kappa shape index (κ3) is 6.49. The summed E-state index contributed by atoms with van der Waals surface area (Å²) in [6, 6.07) is 0. The Labute approximate surface area is 179 Å². The first kappa shape index (κ1) is 23.6. The van der Waals surface area contributed by atoms with Gasteiger partial charge in [0.2, 0.25) is 11.9 Å². The van der Waals surface area contributed by atoms with Gasteiger partial charge in [-0.05, 0) is 6.92 Å². The van der Waals surface area contributed by atoms with Crippen LogP contribution in [-0.2, 0) is 31.6 Å². The van der Waals surface area contributed by atoms with Crippen LogP contribution in [0.1, 0.15) is 15.9 Å². The Hall–Kier alpha value is -1.57. The zero-order valence-corrected chi connectivity index (χ0v) is 18.0. The highest BCUT2D eigenvalue weighted by molar-refractivity contribution is 7.66. The average Bonchev–Trinajstić information content (AvgIpc) is 2.83. The van der Waals surface area contributed by atoms with Crippen LogP contribution < -0.4 is 11.2 Å². The van der Waals surface area contributed by atoms with Gasteiger partial charge in [-0.15, -0.1) is 5.92 Å². The van der Waals surface area contributed by atoms with Crippen molar-refractivity contribution < 1.29 is 63.4 Å². The Kier molecular flexibility index (Phi) is 6.89. The van der Waals surface area contributed by atoms with E-state index in [-0.39, 0.29) is 4.68 Å². The molecule has 1 fully saturated rings. The van der Waals surface area contributed by atoms with Crippen molar-refractivity contribution >= 4 is 23.5 Å². The molecule has 3 unspecified atom stereocenters. The number of halogens is 1. The molecule has 1 aliphatic heterocycles. The van der Waals surface area contributed by atoms with Crippen LogP contribution in [0.4, 0.5) is 4.39 Å². The number of ether oxygens (including phenoxy) is 1. The maximum Gasteiger partial charge on any atom is 0.490 e. The summed E-state index contributed by atoms with van der Waals surface area (Å²) < 4.78 is 81.1. The third-order valence-corrected chi connectivity index (χ3v) is 6.99. The van der Waals surface area contributed by atoms with E-state index in [2.05, 4.69) is 24.2 Å². The average molecular weight is 527 g/mol. The number of aromatic nitrogens is 3. The number of aliphatic hydroxyl groups excluding tert-OH is 1. The van der Waals surface area contributed by atoms with E-state index >= 15 is 4.39 Å². The fourth-order valence-corrected chi connectivity index (χ4v) is 5.15. The molecule has 0 bridgehead atoms. The van der Waals surface area contributed by atoms with Gasteiger partial charge >= 0.3 is 29.2 Å². The molecule has 6 atom stereocenters. The molecule has 1 saturated heterocycles. The zero-order valence-electron chi connectivity index (χ0n) is 17.3. The molecule has 1 aromatic rings. The van der Waals surface area contributed by atoms with Crippen LogP contribution in [0.3, 0.4) is 0 Å². The molecule has 2 rings (SSSR count). The molecule has 1 aromatic heterocycles. The van der Waals surface area contributed by atoms with Gasteiger partial charge in [0.1, 0.15) is 18.4 Å². The van der Waals surface area contributed by atoms with E-state index in [9.17, 15) is 33.3 Å². The van der Waals surface area contributed by atoms with Gasteiger partial charge in [-0.2, -0.15) is 18.4 Å². The number of phosphoric ester groups is 1. The van der Waals surface area contributed by atoms with Crippen LogP contribution in [0.5, 0.6) is 0 Å². The van der Waals surface area contributed by atoms with E-state index in [1.54, 1.807) is 4.98 Å². The van der Waals surface area contributed by atoms with E-state index in [1.807, 2.05) is 5.92 Å². The maximum atomic E-state index is 15.6. The Bertz CT molecular complexity index is 1270. The van der Waals surface area contributed by atoms with Crippen LogP contribution in [0.15, 0.2) is 15.8 Å². The molecule has 0 aliphatic carbocycles. The summed E-state index contributed by atoms with van der Waals surface area (Å²) in [7, 11) is -17.9. The quantitative estimate of drug-likeness (QED) is 0.162. The molecule has 6 N–H and O–H groups in total. The monoisotopic (exact) mass is 527 g/mol. The van der Waals surface area contributed by atoms with Crippen molar-refractivity contribution in [2.75, 3.05) is 6.56 Å². The number of aliphatic hydroxyl groups is 1. The Balaban J connectivity index is 2.41. The number of hydrogen-bond donors (Lipinski definition) is 6. The number of aromatic amines is 1. The van der Waals surface area contributed by atoms with Gasteiger partial charge in [-0.3, -0.25) is 14.3 Å². The zero-order chi connectivity index (χ0) is 26.3. The number of phosphoric acid groups is 3. The topological polar surface area (TPSA) is 257 Å². The lowest BCUT2D eigenvalue weighted by molar-refractivity contribution is -0.0603. The van der Waals surface area contributed by atoms with Crippen molar-refractivity contribution in [2.24, 2.45) is 0 Å². The fraction of sp³-hybridized carbons (Fsp3) is 0.545. The van der Waals surface area contributed by atoms with Gasteiger partial charge in [0.15, 0.2) is 0 Å². The number of nitrogens with one attached hydrogen (secondary N) is 1. The lowest BCUT2D eigenvalue weighted by Crippen LogP contribution is -2.46. The van der Waals surface area contributed by atoms with Crippen molar-refractivity contribution in [1.82, 2.24) is 14.8 Å². The molecule has 1 aliphatic rings. The fourth-order valence-electron chi connectivity index (χ4n) is 2.28. The van der Waals surface area contributed by atoms with Crippen molar-refractivity contribution in [3.63, 3.8) is 0 Å². The van der Waals surface area contributed by atoms with Crippen LogP contribution >= 0.6 is 23.5 Å². The highest BCUT2D eigenvalue weighted by Crippen LogP contribution is 2.66. The van der Waals surface area contributed by atoms with Crippen molar-refractivity contribution in [1.29, 1.82) is 0 Å². The second-order valence-electron chi connectivity index (χ2n) is 5.68. The summed E-state index contributed by atoms with van der Waals surface area (Å²) in [4.78, 5) is 60.6. The first-order valence-electron chi connectivity index (χ1n) is 8.72. The molecule has 2 heterocycles. The smallest absolute Gasteiger partial charge is 0.386 e. The first-order valence-corrected chi connectivity index (χ1v) is 12.2. The number of nitrogens with zero attached hydrogens (tertiary/aromatic N) is 2. The molecule has 21 heteroatoms. The van der Waals surface area contributed by atoms with Crippen molar-refractivity contribution in [3.8, 4) is 11.8 Å². The number of alkyl halides is 1. The Morgan fingerprint density at radius 2 is 1.94 bits per heavy atom. The van der Waals surface area contributed by atoms with Gasteiger partial charge in [-0.25, -0.2) is 22.9 Å². The summed E-state index contributed by atoms with van der Waals surface area (Å²) in [5.41, 5.74) is -5.72. The number of rotatable bonds is 8. The van der Waals surface area contributed by atoms with Crippen molar-refractivity contribution in [3.05, 3.63) is 27.0 Å². The highest BCUT2D eigenvalue weighted by atomic mass is 31.3.